The first kappa shape index (κ1) is 35.8. The van der Waals surface area contributed by atoms with Gasteiger partial charge >= 0.3 is 0 Å². The fraction of sp³-hybridized carbons (Fsp3) is 0.677. The van der Waals surface area contributed by atoms with Gasteiger partial charge in [0.05, 0.1) is 25.7 Å². The van der Waals surface area contributed by atoms with E-state index in [1.807, 2.05) is 20.0 Å². The molecule has 0 fully saturated rings. The van der Waals surface area contributed by atoms with Gasteiger partial charge in [-0.2, -0.15) is 5.10 Å². The van der Waals surface area contributed by atoms with Crippen LogP contribution in [0.2, 0.25) is 0 Å². The van der Waals surface area contributed by atoms with Crippen molar-refractivity contribution in [2.24, 2.45) is 5.92 Å². The van der Waals surface area contributed by atoms with Crippen molar-refractivity contribution >= 4 is 18.0 Å². The normalized spacial score (nSPS) is 14.2. The van der Waals surface area contributed by atoms with Crippen molar-refractivity contribution in [1.29, 1.82) is 0 Å². The van der Waals surface area contributed by atoms with Crippen molar-refractivity contribution < 1.29 is 14.6 Å². The lowest BCUT2D eigenvalue weighted by Gasteiger charge is -2.27. The summed E-state index contributed by atoms with van der Waals surface area (Å²) >= 11 is 0. The number of allylic oxidation sites excluding steroid dienone is 2. The molecular formula is C31H56N4O3. The molecule has 0 aliphatic heterocycles. The molecule has 1 rings (SSSR count). The van der Waals surface area contributed by atoms with Crippen molar-refractivity contribution in [3.63, 3.8) is 0 Å². The molecule has 218 valence electrons. The standard InChI is InChI=1S/C29H50N4O3.C2H6/c1-6-12-26(14-9-10-20-36-21-11-19-34)24-33(17-8-3)18-15-25(4)31-29-28(16-22-35-5)27(13-7-2)23-30-32-29;1-2/h6,10,12-13,16,20,23,25-26,34H,7-9,11,14-15,17-19,21-22,24H2,1-5H3,(H,31,32);1-2H3/b12-6-,20-10+,27-13-,28-16+;. The maximum absolute atomic E-state index is 8.82. The summed E-state index contributed by atoms with van der Waals surface area (Å²) in [5.41, 5.74) is 0. The Hall–Kier alpha value is -2.22. The molecule has 1 heterocycles. The first-order valence-electron chi connectivity index (χ1n) is 14.6. The lowest BCUT2D eigenvalue weighted by molar-refractivity contribution is 0.198. The average molecular weight is 533 g/mol. The van der Waals surface area contributed by atoms with Gasteiger partial charge in [-0.25, -0.2) is 0 Å². The fourth-order valence-corrected chi connectivity index (χ4v) is 4.09. The number of aromatic nitrogens is 2. The second-order valence-electron chi connectivity index (χ2n) is 9.15. The molecule has 38 heavy (non-hydrogen) atoms. The summed E-state index contributed by atoms with van der Waals surface area (Å²) in [4.78, 5) is 2.58. The van der Waals surface area contributed by atoms with Crippen molar-refractivity contribution in [2.75, 3.05) is 51.9 Å². The third kappa shape index (κ3) is 16.6. The summed E-state index contributed by atoms with van der Waals surface area (Å²) in [6, 6.07) is 0.268. The van der Waals surface area contributed by atoms with Gasteiger partial charge in [-0.05, 0) is 70.6 Å². The van der Waals surface area contributed by atoms with E-state index >= 15 is 0 Å². The average Bonchev–Trinajstić information content (AvgIpc) is 2.92. The van der Waals surface area contributed by atoms with Gasteiger partial charge in [0.15, 0.2) is 5.82 Å². The zero-order valence-corrected chi connectivity index (χ0v) is 25.3. The van der Waals surface area contributed by atoms with Gasteiger partial charge in [0.2, 0.25) is 0 Å². The van der Waals surface area contributed by atoms with Gasteiger partial charge in [-0.1, -0.05) is 45.9 Å². The van der Waals surface area contributed by atoms with E-state index in [9.17, 15) is 0 Å². The molecule has 0 saturated heterocycles. The van der Waals surface area contributed by atoms with Crippen molar-refractivity contribution in [1.82, 2.24) is 15.1 Å². The number of hydrogen-bond donors (Lipinski definition) is 2. The second kappa shape index (κ2) is 25.1. The number of aliphatic hydroxyl groups excluding tert-OH is 1. The molecule has 0 spiro atoms. The number of nitrogens with zero attached hydrogens (tertiary/aromatic N) is 3. The zero-order chi connectivity index (χ0) is 28.4. The predicted octanol–water partition coefficient (Wildman–Crippen LogP) is 4.91. The smallest absolute Gasteiger partial charge is 0.156 e. The van der Waals surface area contributed by atoms with Crippen molar-refractivity contribution in [2.45, 2.75) is 86.1 Å². The minimum Gasteiger partial charge on any atom is -0.501 e. The van der Waals surface area contributed by atoms with E-state index in [1.165, 1.54) is 0 Å². The number of rotatable bonds is 20. The molecule has 0 aliphatic rings. The van der Waals surface area contributed by atoms with E-state index in [2.05, 4.69) is 78.5 Å². The Morgan fingerprint density at radius 2 is 1.95 bits per heavy atom. The van der Waals surface area contributed by atoms with Gasteiger partial charge in [0, 0.05) is 49.7 Å². The highest BCUT2D eigenvalue weighted by Gasteiger charge is 2.13. The fourth-order valence-electron chi connectivity index (χ4n) is 4.09. The summed E-state index contributed by atoms with van der Waals surface area (Å²) in [6.45, 7) is 17.1. The van der Waals surface area contributed by atoms with Crippen molar-refractivity contribution in [3.8, 4) is 0 Å². The summed E-state index contributed by atoms with van der Waals surface area (Å²) in [6.07, 6.45) is 20.3. The Bertz CT molecular complexity index is 857. The number of anilines is 1. The van der Waals surface area contributed by atoms with E-state index in [-0.39, 0.29) is 12.6 Å². The SMILES string of the molecule is C/C=C\C(CC/C=C/OCCCO)CN(CCC)CCC(C)Nc1nncc(=C/CC)/c1=C\COC.CC. The molecule has 7 heteroatoms. The molecule has 2 unspecified atom stereocenters. The van der Waals surface area contributed by atoms with Gasteiger partial charge in [-0.15, -0.1) is 5.10 Å². The van der Waals surface area contributed by atoms with Gasteiger partial charge in [0.25, 0.3) is 0 Å². The minimum atomic E-state index is 0.170. The number of nitrogens with one attached hydrogen (secondary N) is 1. The van der Waals surface area contributed by atoms with Crippen LogP contribution in [0.5, 0.6) is 0 Å². The van der Waals surface area contributed by atoms with E-state index < -0.39 is 0 Å². The first-order valence-corrected chi connectivity index (χ1v) is 14.6. The molecule has 0 bridgehead atoms. The Balaban J connectivity index is 0.00000667. The second-order valence-corrected chi connectivity index (χ2v) is 9.15. The number of methoxy groups -OCH3 is 1. The maximum atomic E-state index is 8.82. The third-order valence-electron chi connectivity index (χ3n) is 5.87. The third-order valence-corrected chi connectivity index (χ3v) is 5.87. The van der Waals surface area contributed by atoms with Crippen LogP contribution in [0.4, 0.5) is 5.82 Å². The lowest BCUT2D eigenvalue weighted by atomic mass is 10.0. The number of ether oxygens (including phenoxy) is 2. The Morgan fingerprint density at radius 1 is 1.16 bits per heavy atom. The number of aliphatic hydroxyl groups is 1. The predicted molar refractivity (Wildman–Crippen MR) is 162 cm³/mol. The largest absolute Gasteiger partial charge is 0.501 e. The molecule has 0 radical (unpaired) electrons. The maximum Gasteiger partial charge on any atom is 0.156 e. The van der Waals surface area contributed by atoms with Crippen molar-refractivity contribution in [3.05, 3.63) is 41.1 Å². The van der Waals surface area contributed by atoms with Crippen LogP contribution in [0, 0.1) is 5.92 Å². The number of hydrogen-bond acceptors (Lipinski definition) is 7. The summed E-state index contributed by atoms with van der Waals surface area (Å²) in [7, 11) is 1.71. The van der Waals surface area contributed by atoms with Crippen LogP contribution in [0.25, 0.3) is 12.2 Å². The molecule has 0 amide bonds. The Morgan fingerprint density at radius 3 is 2.61 bits per heavy atom. The highest BCUT2D eigenvalue weighted by molar-refractivity contribution is 5.45. The molecule has 0 aliphatic carbocycles. The van der Waals surface area contributed by atoms with E-state index in [0.717, 1.165) is 68.0 Å². The van der Waals surface area contributed by atoms with E-state index in [1.54, 1.807) is 13.4 Å². The summed E-state index contributed by atoms with van der Waals surface area (Å²) in [5.74, 6) is 1.33. The van der Waals surface area contributed by atoms with Crippen LogP contribution in [0.15, 0.2) is 30.7 Å². The summed E-state index contributed by atoms with van der Waals surface area (Å²) in [5, 5.41) is 23.2. The molecule has 2 atom stereocenters. The molecule has 7 nitrogen and oxygen atoms in total. The van der Waals surface area contributed by atoms with E-state index in [4.69, 9.17) is 14.6 Å². The van der Waals surface area contributed by atoms with Crippen LogP contribution in [-0.4, -0.2) is 72.8 Å². The topological polar surface area (TPSA) is 79.7 Å². The van der Waals surface area contributed by atoms with Crippen LogP contribution < -0.4 is 15.8 Å². The molecule has 0 aromatic carbocycles. The van der Waals surface area contributed by atoms with Crippen LogP contribution in [0.3, 0.4) is 0 Å². The minimum absolute atomic E-state index is 0.170. The molecule has 2 N–H and O–H groups in total. The Kier molecular flexibility index (Phi) is 23.6. The van der Waals surface area contributed by atoms with E-state index in [0.29, 0.717) is 25.6 Å². The monoisotopic (exact) mass is 532 g/mol. The Labute approximate surface area is 232 Å². The quantitative estimate of drug-likeness (QED) is 0.140. The molecular weight excluding hydrogens is 476 g/mol. The molecule has 1 aromatic rings. The molecule has 0 saturated carbocycles. The zero-order valence-electron chi connectivity index (χ0n) is 25.3. The highest BCUT2D eigenvalue weighted by Crippen LogP contribution is 2.13. The molecule has 1 aromatic heterocycles. The van der Waals surface area contributed by atoms with Crippen LogP contribution in [-0.2, 0) is 9.47 Å². The lowest BCUT2D eigenvalue weighted by Crippen LogP contribution is -2.36. The van der Waals surface area contributed by atoms with Gasteiger partial charge in [0.1, 0.15) is 0 Å². The highest BCUT2D eigenvalue weighted by atomic mass is 16.5. The van der Waals surface area contributed by atoms with Gasteiger partial charge in [-0.3, -0.25) is 0 Å². The summed E-state index contributed by atoms with van der Waals surface area (Å²) < 4.78 is 10.7. The first-order chi connectivity index (χ1) is 18.6. The van der Waals surface area contributed by atoms with Crippen LogP contribution in [0.1, 0.15) is 80.1 Å². The van der Waals surface area contributed by atoms with Crippen LogP contribution >= 0.6 is 0 Å². The van der Waals surface area contributed by atoms with Gasteiger partial charge < -0.3 is 24.8 Å².